The Hall–Kier alpha value is -4.80. The molecule has 2 aromatic carbocycles. The van der Waals surface area contributed by atoms with Crippen LogP contribution in [0.5, 0.6) is 17.2 Å². The minimum atomic E-state index is -0.344. The number of ketones is 1. The number of aliphatic hydroxyl groups is 1. The minimum Gasteiger partial charge on any atom is -0.493 e. The third-order valence-electron chi connectivity index (χ3n) is 9.33. The Bertz CT molecular complexity index is 1950. The van der Waals surface area contributed by atoms with Gasteiger partial charge < -0.3 is 14.6 Å². The van der Waals surface area contributed by atoms with Crippen molar-refractivity contribution in [2.75, 3.05) is 26.2 Å². The third kappa shape index (κ3) is 5.81. The zero-order valence-electron chi connectivity index (χ0n) is 26.1. The van der Waals surface area contributed by atoms with Crippen LogP contribution < -0.4 is 15.0 Å². The van der Waals surface area contributed by atoms with Gasteiger partial charge in [-0.3, -0.25) is 29.1 Å². The zero-order chi connectivity index (χ0) is 31.8. The number of nitrogens with zero attached hydrogens (tertiary/aromatic N) is 5. The molecule has 1 saturated carbocycles. The summed E-state index contributed by atoms with van der Waals surface area (Å²) in [6, 6.07) is 20.3. The van der Waals surface area contributed by atoms with E-state index in [1.807, 2.05) is 48.5 Å². The molecule has 0 radical (unpaired) electrons. The van der Waals surface area contributed by atoms with Crippen LogP contribution in [0.3, 0.4) is 0 Å². The SMILES string of the molecule is Cc1c(C(=O)Cc2ccc(Oc3ccnc4cc(OCCCN5CC(O)C6(CC6)C5)ccc34)cn2)c(=O)n(-c2ccccc2)n1C. The first kappa shape index (κ1) is 29.9. The maximum absolute atomic E-state index is 13.3. The Morgan fingerprint density at radius 3 is 2.59 bits per heavy atom. The van der Waals surface area contributed by atoms with E-state index in [1.54, 1.807) is 49.2 Å². The van der Waals surface area contributed by atoms with Crippen LogP contribution in [0, 0.1) is 12.3 Å². The molecular formula is C36H37N5O5. The molecule has 7 rings (SSSR count). The second-order valence-electron chi connectivity index (χ2n) is 12.4. The van der Waals surface area contributed by atoms with Crippen LogP contribution in [0.1, 0.15) is 41.0 Å². The number of ether oxygens (including phenoxy) is 2. The van der Waals surface area contributed by atoms with Crippen molar-refractivity contribution < 1.29 is 19.4 Å². The lowest BCUT2D eigenvalue weighted by atomic mass is 10.0. The Balaban J connectivity index is 0.971. The molecule has 0 bridgehead atoms. The van der Waals surface area contributed by atoms with E-state index in [1.165, 1.54) is 4.68 Å². The first-order valence-corrected chi connectivity index (χ1v) is 15.7. The van der Waals surface area contributed by atoms with E-state index in [0.29, 0.717) is 35.2 Å². The van der Waals surface area contributed by atoms with Crippen LogP contribution in [-0.2, 0) is 13.5 Å². The van der Waals surface area contributed by atoms with Gasteiger partial charge in [0.05, 0.1) is 36.5 Å². The van der Waals surface area contributed by atoms with Crippen LogP contribution in [0.2, 0.25) is 0 Å². The van der Waals surface area contributed by atoms with Crippen LogP contribution >= 0.6 is 0 Å². The van der Waals surface area contributed by atoms with E-state index in [4.69, 9.17) is 9.47 Å². The van der Waals surface area contributed by atoms with E-state index in [9.17, 15) is 14.7 Å². The van der Waals surface area contributed by atoms with Crippen LogP contribution in [0.4, 0.5) is 0 Å². The summed E-state index contributed by atoms with van der Waals surface area (Å²) >= 11 is 0. The van der Waals surface area contributed by atoms with E-state index in [2.05, 4.69) is 14.9 Å². The third-order valence-corrected chi connectivity index (χ3v) is 9.33. The summed E-state index contributed by atoms with van der Waals surface area (Å²) in [5, 5.41) is 11.1. The van der Waals surface area contributed by atoms with Crippen LogP contribution in [0.25, 0.3) is 16.6 Å². The highest BCUT2D eigenvalue weighted by Gasteiger charge is 2.54. The molecule has 10 heteroatoms. The van der Waals surface area contributed by atoms with Gasteiger partial charge in [-0.25, -0.2) is 4.68 Å². The van der Waals surface area contributed by atoms with Crippen molar-refractivity contribution in [2.45, 2.75) is 38.7 Å². The van der Waals surface area contributed by atoms with E-state index in [-0.39, 0.29) is 34.8 Å². The molecule has 3 aromatic heterocycles. The summed E-state index contributed by atoms with van der Waals surface area (Å²) in [4.78, 5) is 37.8. The number of hydrogen-bond donors (Lipinski definition) is 1. The van der Waals surface area contributed by atoms with Crippen LogP contribution in [-0.4, -0.2) is 67.5 Å². The molecule has 0 amide bonds. The monoisotopic (exact) mass is 619 g/mol. The van der Waals surface area contributed by atoms with Crippen molar-refractivity contribution in [2.24, 2.45) is 12.5 Å². The molecule has 10 nitrogen and oxygen atoms in total. The van der Waals surface area contributed by atoms with Gasteiger partial charge in [-0.1, -0.05) is 18.2 Å². The number of rotatable bonds is 11. The normalized spacial score (nSPS) is 17.1. The van der Waals surface area contributed by atoms with Crippen LogP contribution in [0.15, 0.2) is 83.9 Å². The van der Waals surface area contributed by atoms with Gasteiger partial charge in [0.1, 0.15) is 22.8 Å². The Kier molecular flexibility index (Phi) is 7.92. The topological polar surface area (TPSA) is 112 Å². The Morgan fingerprint density at radius 2 is 1.85 bits per heavy atom. The summed E-state index contributed by atoms with van der Waals surface area (Å²) < 4.78 is 15.4. The van der Waals surface area contributed by atoms with Crippen molar-refractivity contribution in [3.05, 3.63) is 106 Å². The Labute approximate surface area is 266 Å². The van der Waals surface area contributed by atoms with Gasteiger partial charge >= 0.3 is 0 Å². The van der Waals surface area contributed by atoms with Gasteiger partial charge in [-0.15, -0.1) is 0 Å². The number of aromatic nitrogens is 4. The molecule has 2 aliphatic rings. The standard InChI is InChI=1S/C36H37N5O5/c1-24-34(35(44)41(39(24)2)26-7-4-3-5-8-26)31(42)19-25-9-10-28(21-38-25)46-32-13-16-37-30-20-27(11-12-29(30)32)45-18-6-17-40-22-33(43)36(23-40)14-15-36/h3-5,7-13,16,20-21,33,43H,6,14-15,17-19,22-23H2,1-2H3. The number of fused-ring (bicyclic) bond motifs is 1. The summed E-state index contributed by atoms with van der Waals surface area (Å²) in [6.45, 7) is 5.05. The van der Waals surface area contributed by atoms with Gasteiger partial charge in [-0.05, 0) is 68.7 Å². The van der Waals surface area contributed by atoms with Crippen molar-refractivity contribution in [3.8, 4) is 22.9 Å². The molecule has 1 N–H and O–H groups in total. The van der Waals surface area contributed by atoms with Gasteiger partial charge in [0.2, 0.25) is 0 Å². The highest BCUT2D eigenvalue weighted by Crippen LogP contribution is 2.52. The molecule has 1 atom stereocenters. The van der Waals surface area contributed by atoms with Crippen molar-refractivity contribution >= 4 is 16.7 Å². The lowest BCUT2D eigenvalue weighted by molar-refractivity contribution is 0.0990. The number of Topliss-reactive ketones (excluding diaryl/α,β-unsaturated/α-hetero) is 1. The van der Waals surface area contributed by atoms with Crippen molar-refractivity contribution in [1.82, 2.24) is 24.2 Å². The molecule has 46 heavy (non-hydrogen) atoms. The average molecular weight is 620 g/mol. The van der Waals surface area contributed by atoms with Gasteiger partial charge in [0.25, 0.3) is 5.56 Å². The molecule has 1 aliphatic heterocycles. The number of hydrogen-bond acceptors (Lipinski definition) is 8. The van der Waals surface area contributed by atoms with Crippen molar-refractivity contribution in [3.63, 3.8) is 0 Å². The number of β-amino-alcohol motifs (C(OH)–C–C–N with tert-alkyl or cyclic N) is 1. The first-order valence-electron chi connectivity index (χ1n) is 15.7. The fourth-order valence-corrected chi connectivity index (χ4v) is 6.48. The molecular weight excluding hydrogens is 582 g/mol. The number of aliphatic hydroxyl groups excluding tert-OH is 1. The molecule has 1 spiro atoms. The average Bonchev–Trinajstić information content (AvgIpc) is 3.72. The molecule has 1 unspecified atom stereocenters. The molecule has 5 aromatic rings. The van der Waals surface area contributed by atoms with Crippen molar-refractivity contribution in [1.29, 1.82) is 0 Å². The van der Waals surface area contributed by atoms with Gasteiger partial charge in [0.15, 0.2) is 5.78 Å². The lowest BCUT2D eigenvalue weighted by Crippen LogP contribution is -2.24. The maximum Gasteiger partial charge on any atom is 0.282 e. The number of para-hydroxylation sites is 1. The van der Waals surface area contributed by atoms with E-state index >= 15 is 0 Å². The highest BCUT2D eigenvalue weighted by molar-refractivity contribution is 5.98. The predicted octanol–water partition coefficient (Wildman–Crippen LogP) is 4.87. The Morgan fingerprint density at radius 1 is 1.04 bits per heavy atom. The highest BCUT2D eigenvalue weighted by atomic mass is 16.5. The molecule has 236 valence electrons. The number of carbonyl (C=O) groups is 1. The summed E-state index contributed by atoms with van der Waals surface area (Å²) in [5.41, 5.74) is 2.60. The predicted molar refractivity (Wildman–Crippen MR) is 174 cm³/mol. The van der Waals surface area contributed by atoms with Gasteiger partial charge in [-0.2, -0.15) is 0 Å². The smallest absolute Gasteiger partial charge is 0.282 e. The second kappa shape index (κ2) is 12.2. The maximum atomic E-state index is 13.3. The summed E-state index contributed by atoms with van der Waals surface area (Å²) in [6.07, 6.45) is 6.28. The molecule has 1 saturated heterocycles. The van der Waals surface area contributed by atoms with Gasteiger partial charge in [0, 0.05) is 61.1 Å². The fourth-order valence-electron chi connectivity index (χ4n) is 6.48. The van der Waals surface area contributed by atoms with E-state index < -0.39 is 0 Å². The number of benzene rings is 2. The fraction of sp³-hybridized carbons (Fsp3) is 0.333. The number of carbonyl (C=O) groups excluding carboxylic acids is 1. The largest absolute Gasteiger partial charge is 0.493 e. The lowest BCUT2D eigenvalue weighted by Gasteiger charge is -2.15. The molecule has 1 aliphatic carbocycles. The minimum absolute atomic E-state index is 0.00309. The quantitative estimate of drug-likeness (QED) is 0.165. The molecule has 2 fully saturated rings. The summed E-state index contributed by atoms with van der Waals surface area (Å²) in [5.74, 6) is 1.61. The first-order chi connectivity index (χ1) is 22.3. The van der Waals surface area contributed by atoms with E-state index in [0.717, 1.165) is 55.5 Å². The second-order valence-corrected chi connectivity index (χ2v) is 12.4. The molecule has 4 heterocycles. The zero-order valence-corrected chi connectivity index (χ0v) is 26.1. The summed E-state index contributed by atoms with van der Waals surface area (Å²) in [7, 11) is 1.77. The number of pyridine rings is 2. The number of likely N-dealkylation sites (tertiary alicyclic amines) is 1.